The Balaban J connectivity index is 2.03. The Bertz CT molecular complexity index is 813. The second-order valence-electron chi connectivity index (χ2n) is 6.47. The van der Waals surface area contributed by atoms with Crippen LogP contribution in [0.25, 0.3) is 0 Å². The summed E-state index contributed by atoms with van der Waals surface area (Å²) >= 11 is 0. The number of ketones is 1. The molecule has 0 saturated carbocycles. The molecular weight excluding hydrogens is 356 g/mol. The van der Waals surface area contributed by atoms with Crippen molar-refractivity contribution in [1.82, 2.24) is 0 Å². The molecule has 0 aliphatic carbocycles. The first kappa shape index (κ1) is 21.1. The first-order chi connectivity index (χ1) is 13.4. The van der Waals surface area contributed by atoms with Crippen LogP contribution in [0.5, 0.6) is 0 Å². The Morgan fingerprint density at radius 1 is 0.857 bits per heavy atom. The predicted octanol–water partition coefficient (Wildman–Crippen LogP) is 4.24. The van der Waals surface area contributed by atoms with Crippen molar-refractivity contribution >= 4 is 17.7 Å². The van der Waals surface area contributed by atoms with E-state index < -0.39 is 29.9 Å². The lowest BCUT2D eigenvalue weighted by Crippen LogP contribution is -2.36. The summed E-state index contributed by atoms with van der Waals surface area (Å²) in [6, 6.07) is 16.9. The minimum absolute atomic E-state index is 0.267. The predicted molar refractivity (Wildman–Crippen MR) is 106 cm³/mol. The molecule has 5 heteroatoms. The summed E-state index contributed by atoms with van der Waals surface area (Å²) in [6.45, 7) is 7.13. The number of ether oxygens (including phenoxy) is 2. The third-order valence-corrected chi connectivity index (χ3v) is 4.46. The topological polar surface area (TPSA) is 69.7 Å². The van der Waals surface area contributed by atoms with E-state index in [4.69, 9.17) is 9.47 Å². The van der Waals surface area contributed by atoms with Crippen LogP contribution in [0, 0.1) is 5.92 Å². The fourth-order valence-electron chi connectivity index (χ4n) is 2.87. The van der Waals surface area contributed by atoms with Crippen molar-refractivity contribution in [3.63, 3.8) is 0 Å². The summed E-state index contributed by atoms with van der Waals surface area (Å²) < 4.78 is 10.9. The van der Waals surface area contributed by atoms with Gasteiger partial charge in [0, 0.05) is 11.5 Å². The highest BCUT2D eigenvalue weighted by atomic mass is 16.6. The number of Topliss-reactive ketones (excluding diaryl/α,β-unsaturated/α-hetero) is 1. The average Bonchev–Trinajstić information content (AvgIpc) is 2.72. The zero-order valence-corrected chi connectivity index (χ0v) is 16.0. The Morgan fingerprint density at radius 2 is 1.36 bits per heavy atom. The van der Waals surface area contributed by atoms with Gasteiger partial charge in [0.25, 0.3) is 5.78 Å². The van der Waals surface area contributed by atoms with E-state index in [0.717, 1.165) is 0 Å². The van der Waals surface area contributed by atoms with Gasteiger partial charge in [-0.2, -0.15) is 0 Å². The van der Waals surface area contributed by atoms with Crippen LogP contribution in [0.4, 0.5) is 0 Å². The maximum absolute atomic E-state index is 12.3. The van der Waals surface area contributed by atoms with E-state index in [1.807, 2.05) is 6.07 Å². The van der Waals surface area contributed by atoms with Gasteiger partial charge in [-0.15, -0.1) is 6.58 Å². The van der Waals surface area contributed by atoms with Gasteiger partial charge >= 0.3 is 11.9 Å². The summed E-state index contributed by atoms with van der Waals surface area (Å²) in [5.74, 6) is -2.44. The molecule has 0 aromatic heterocycles. The molecule has 28 heavy (non-hydrogen) atoms. The summed E-state index contributed by atoms with van der Waals surface area (Å²) in [5.41, 5.74) is 0.708. The van der Waals surface area contributed by atoms with Gasteiger partial charge in [0.1, 0.15) is 12.2 Å². The van der Waals surface area contributed by atoms with E-state index in [1.54, 1.807) is 74.5 Å². The molecule has 3 atom stereocenters. The monoisotopic (exact) mass is 380 g/mol. The maximum atomic E-state index is 12.3. The third-order valence-electron chi connectivity index (χ3n) is 4.46. The lowest BCUT2D eigenvalue weighted by molar-refractivity contribution is -0.146. The van der Waals surface area contributed by atoms with E-state index in [0.29, 0.717) is 12.0 Å². The number of carbonyl (C=O) groups is 3. The quantitative estimate of drug-likeness (QED) is 0.282. The molecule has 0 bridgehead atoms. The van der Waals surface area contributed by atoms with Gasteiger partial charge in [-0.3, -0.25) is 4.79 Å². The largest absolute Gasteiger partial charge is 0.459 e. The lowest BCUT2D eigenvalue weighted by atomic mass is 9.94. The normalized spacial score (nSPS) is 13.6. The van der Waals surface area contributed by atoms with Crippen LogP contribution in [0.2, 0.25) is 0 Å². The van der Waals surface area contributed by atoms with E-state index in [1.165, 1.54) is 0 Å². The van der Waals surface area contributed by atoms with Crippen molar-refractivity contribution in [2.75, 3.05) is 0 Å². The zero-order valence-electron chi connectivity index (χ0n) is 16.0. The van der Waals surface area contributed by atoms with Crippen LogP contribution in [-0.4, -0.2) is 29.9 Å². The van der Waals surface area contributed by atoms with E-state index in [2.05, 4.69) is 6.58 Å². The molecule has 0 aliphatic rings. The smallest absolute Gasteiger partial charge is 0.379 e. The molecule has 0 aliphatic heterocycles. The molecule has 2 rings (SSSR count). The number of benzene rings is 2. The molecule has 2 aromatic rings. The molecule has 0 N–H and O–H groups in total. The van der Waals surface area contributed by atoms with E-state index in [9.17, 15) is 14.4 Å². The van der Waals surface area contributed by atoms with Crippen molar-refractivity contribution in [2.45, 2.75) is 32.5 Å². The van der Waals surface area contributed by atoms with Crippen LogP contribution in [0.15, 0.2) is 73.3 Å². The summed E-state index contributed by atoms with van der Waals surface area (Å²) in [6.07, 6.45) is 0.940. The van der Waals surface area contributed by atoms with Gasteiger partial charge < -0.3 is 9.47 Å². The number of esters is 2. The van der Waals surface area contributed by atoms with Gasteiger partial charge in [0.2, 0.25) is 0 Å². The second kappa shape index (κ2) is 10.2. The maximum Gasteiger partial charge on any atom is 0.379 e. The molecule has 0 amide bonds. The fraction of sp³-hybridized carbons (Fsp3) is 0.261. The highest BCUT2D eigenvalue weighted by Gasteiger charge is 2.30. The van der Waals surface area contributed by atoms with Gasteiger partial charge in [0.05, 0.1) is 5.56 Å². The summed E-state index contributed by atoms with van der Waals surface area (Å²) in [4.78, 5) is 36.7. The number of hydrogen-bond acceptors (Lipinski definition) is 5. The molecule has 146 valence electrons. The number of rotatable bonds is 9. The van der Waals surface area contributed by atoms with Crippen LogP contribution >= 0.6 is 0 Å². The number of allylic oxidation sites excluding steroid dienone is 1. The molecule has 0 saturated heterocycles. The van der Waals surface area contributed by atoms with Crippen LogP contribution < -0.4 is 0 Å². The molecule has 3 unspecified atom stereocenters. The minimum atomic E-state index is -0.936. The summed E-state index contributed by atoms with van der Waals surface area (Å²) in [5, 5.41) is 0. The van der Waals surface area contributed by atoms with Gasteiger partial charge in [-0.1, -0.05) is 54.6 Å². The second-order valence-corrected chi connectivity index (χ2v) is 6.47. The highest BCUT2D eigenvalue weighted by Crippen LogP contribution is 2.22. The number of hydrogen-bond donors (Lipinski definition) is 0. The molecule has 2 aromatic carbocycles. The molecule has 0 heterocycles. The van der Waals surface area contributed by atoms with Crippen LogP contribution in [-0.2, 0) is 14.3 Å². The SMILES string of the molecule is C=CCC(C(C)OC(=O)C(=O)c1ccccc1)C(C)OC(=O)c1ccccc1. The van der Waals surface area contributed by atoms with Gasteiger partial charge in [0.15, 0.2) is 0 Å². The van der Waals surface area contributed by atoms with Crippen molar-refractivity contribution < 1.29 is 23.9 Å². The Kier molecular flexibility index (Phi) is 7.69. The fourth-order valence-corrected chi connectivity index (χ4v) is 2.87. The van der Waals surface area contributed by atoms with Crippen LogP contribution in [0.3, 0.4) is 0 Å². The van der Waals surface area contributed by atoms with E-state index >= 15 is 0 Å². The Hall–Kier alpha value is -3.21. The van der Waals surface area contributed by atoms with E-state index in [-0.39, 0.29) is 11.5 Å². The number of carbonyl (C=O) groups excluding carboxylic acids is 3. The minimum Gasteiger partial charge on any atom is -0.459 e. The van der Waals surface area contributed by atoms with Crippen molar-refractivity contribution in [2.24, 2.45) is 5.92 Å². The highest BCUT2D eigenvalue weighted by molar-refractivity contribution is 6.40. The first-order valence-corrected chi connectivity index (χ1v) is 9.11. The van der Waals surface area contributed by atoms with Gasteiger partial charge in [-0.25, -0.2) is 9.59 Å². The Labute approximate surface area is 165 Å². The Morgan fingerprint density at radius 3 is 1.89 bits per heavy atom. The summed E-state index contributed by atoms with van der Waals surface area (Å²) in [7, 11) is 0. The van der Waals surface area contributed by atoms with Crippen molar-refractivity contribution in [1.29, 1.82) is 0 Å². The lowest BCUT2D eigenvalue weighted by Gasteiger charge is -2.28. The first-order valence-electron chi connectivity index (χ1n) is 9.11. The molecular formula is C23H24O5. The van der Waals surface area contributed by atoms with Gasteiger partial charge in [-0.05, 0) is 32.4 Å². The average molecular weight is 380 g/mol. The third kappa shape index (κ3) is 5.64. The molecule has 5 nitrogen and oxygen atoms in total. The standard InChI is InChI=1S/C23H24O5/c1-4-11-20(16(2)27-22(25)19-14-9-6-10-15-19)17(3)28-23(26)21(24)18-12-7-5-8-13-18/h4-10,12-17,20H,1,11H2,2-3H3. The zero-order chi connectivity index (χ0) is 20.5. The van der Waals surface area contributed by atoms with Crippen molar-refractivity contribution in [3.8, 4) is 0 Å². The van der Waals surface area contributed by atoms with Crippen molar-refractivity contribution in [3.05, 3.63) is 84.4 Å². The molecule has 0 fully saturated rings. The molecule has 0 radical (unpaired) electrons. The molecule has 0 spiro atoms. The van der Waals surface area contributed by atoms with Crippen LogP contribution in [0.1, 0.15) is 41.0 Å².